The van der Waals surface area contributed by atoms with Gasteiger partial charge in [-0.25, -0.2) is 0 Å². The van der Waals surface area contributed by atoms with Gasteiger partial charge in [-0.15, -0.1) is 0 Å². The van der Waals surface area contributed by atoms with Crippen molar-refractivity contribution >= 4 is 5.78 Å². The maximum atomic E-state index is 11.8. The van der Waals surface area contributed by atoms with Crippen LogP contribution in [0.15, 0.2) is 12.1 Å². The molecule has 0 atom stereocenters. The number of hydrogen-bond acceptors (Lipinski definition) is 2. The van der Waals surface area contributed by atoms with Gasteiger partial charge in [0.15, 0.2) is 5.78 Å². The van der Waals surface area contributed by atoms with Gasteiger partial charge in [0, 0.05) is 12.0 Å². The molecule has 0 radical (unpaired) electrons. The van der Waals surface area contributed by atoms with Crippen LogP contribution in [0, 0.1) is 0 Å². The molecule has 0 spiro atoms. The minimum Gasteiger partial charge on any atom is -0.496 e. The Hall–Kier alpha value is -1.31. The molecule has 0 aliphatic heterocycles. The van der Waals surface area contributed by atoms with E-state index in [-0.39, 0.29) is 5.78 Å². The van der Waals surface area contributed by atoms with Gasteiger partial charge in [0.25, 0.3) is 0 Å². The van der Waals surface area contributed by atoms with E-state index in [1.165, 1.54) is 11.1 Å². The molecule has 0 unspecified atom stereocenters. The van der Waals surface area contributed by atoms with E-state index in [9.17, 15) is 4.79 Å². The first-order valence-corrected chi connectivity index (χ1v) is 5.87. The molecule has 16 heavy (non-hydrogen) atoms. The van der Waals surface area contributed by atoms with Gasteiger partial charge in [0.1, 0.15) is 5.75 Å². The smallest absolute Gasteiger partial charge is 0.163 e. The molecular weight excluding hydrogens is 200 g/mol. The standard InChI is InChI=1S/C14H18O2/c1-9(2)11-7-10-5-4-6-13(15)12(10)8-14(11)16-3/h7-9H,4-6H2,1-3H3. The average molecular weight is 218 g/mol. The Kier molecular flexibility index (Phi) is 2.99. The van der Waals surface area contributed by atoms with E-state index < -0.39 is 0 Å². The molecule has 0 fully saturated rings. The maximum absolute atomic E-state index is 11.8. The molecule has 2 heteroatoms. The van der Waals surface area contributed by atoms with Crippen molar-refractivity contribution in [2.24, 2.45) is 0 Å². The molecule has 0 bridgehead atoms. The summed E-state index contributed by atoms with van der Waals surface area (Å²) in [5.74, 6) is 1.54. The second-order valence-electron chi connectivity index (χ2n) is 4.68. The lowest BCUT2D eigenvalue weighted by Gasteiger charge is -2.19. The van der Waals surface area contributed by atoms with Gasteiger partial charge < -0.3 is 4.74 Å². The lowest BCUT2D eigenvalue weighted by atomic mass is 9.87. The summed E-state index contributed by atoms with van der Waals surface area (Å²) in [6, 6.07) is 4.07. The van der Waals surface area contributed by atoms with Gasteiger partial charge in [-0.3, -0.25) is 4.79 Å². The third kappa shape index (κ3) is 1.84. The molecule has 86 valence electrons. The topological polar surface area (TPSA) is 26.3 Å². The van der Waals surface area contributed by atoms with Crippen molar-refractivity contribution in [2.75, 3.05) is 7.11 Å². The summed E-state index contributed by atoms with van der Waals surface area (Å²) in [6.07, 6.45) is 2.68. The molecule has 0 N–H and O–H groups in total. The molecule has 0 amide bonds. The number of methoxy groups -OCH3 is 1. The Balaban J connectivity index is 2.55. The van der Waals surface area contributed by atoms with Crippen LogP contribution in [0.25, 0.3) is 0 Å². The fraction of sp³-hybridized carbons (Fsp3) is 0.500. The second kappa shape index (κ2) is 4.28. The molecule has 1 aliphatic rings. The fourth-order valence-corrected chi connectivity index (χ4v) is 2.31. The zero-order valence-electron chi connectivity index (χ0n) is 10.2. The summed E-state index contributed by atoms with van der Waals surface area (Å²) >= 11 is 0. The third-order valence-electron chi connectivity index (χ3n) is 3.23. The zero-order valence-corrected chi connectivity index (χ0v) is 10.2. The number of benzene rings is 1. The number of ether oxygens (including phenoxy) is 1. The number of carbonyl (C=O) groups is 1. The molecule has 0 heterocycles. The summed E-state index contributed by atoms with van der Waals surface area (Å²) in [7, 11) is 1.67. The zero-order chi connectivity index (χ0) is 11.7. The van der Waals surface area contributed by atoms with Crippen LogP contribution in [0.1, 0.15) is 54.1 Å². The molecule has 1 aromatic carbocycles. The van der Waals surface area contributed by atoms with Gasteiger partial charge in [0.2, 0.25) is 0 Å². The Labute approximate surface area is 96.6 Å². The van der Waals surface area contributed by atoms with Crippen molar-refractivity contribution < 1.29 is 9.53 Å². The first-order valence-electron chi connectivity index (χ1n) is 5.87. The highest BCUT2D eigenvalue weighted by molar-refractivity contribution is 5.99. The number of rotatable bonds is 2. The summed E-state index contributed by atoms with van der Waals surface area (Å²) in [5, 5.41) is 0. The van der Waals surface area contributed by atoms with Crippen LogP contribution in [-0.4, -0.2) is 12.9 Å². The number of aryl methyl sites for hydroxylation is 1. The third-order valence-corrected chi connectivity index (χ3v) is 3.23. The SMILES string of the molecule is COc1cc2c(cc1C(C)C)CCCC2=O. The lowest BCUT2D eigenvalue weighted by Crippen LogP contribution is -2.12. The highest BCUT2D eigenvalue weighted by atomic mass is 16.5. The van der Waals surface area contributed by atoms with E-state index in [0.717, 1.165) is 24.2 Å². The van der Waals surface area contributed by atoms with Crippen molar-refractivity contribution in [1.82, 2.24) is 0 Å². The first kappa shape index (κ1) is 11.2. The molecule has 1 aliphatic carbocycles. The summed E-state index contributed by atoms with van der Waals surface area (Å²) in [6.45, 7) is 4.30. The van der Waals surface area contributed by atoms with Gasteiger partial charge in [-0.05, 0) is 36.0 Å². The van der Waals surface area contributed by atoms with E-state index in [0.29, 0.717) is 12.3 Å². The largest absolute Gasteiger partial charge is 0.496 e. The quantitative estimate of drug-likeness (QED) is 0.761. The maximum Gasteiger partial charge on any atom is 0.163 e. The normalized spacial score (nSPS) is 15.1. The van der Waals surface area contributed by atoms with Crippen LogP contribution in [0.5, 0.6) is 5.75 Å². The molecule has 1 aromatic rings. The van der Waals surface area contributed by atoms with Crippen LogP contribution in [-0.2, 0) is 6.42 Å². The summed E-state index contributed by atoms with van der Waals surface area (Å²) in [5.41, 5.74) is 3.27. The van der Waals surface area contributed by atoms with Crippen molar-refractivity contribution in [3.8, 4) is 5.75 Å². The second-order valence-corrected chi connectivity index (χ2v) is 4.68. The van der Waals surface area contributed by atoms with Crippen molar-refractivity contribution in [3.05, 3.63) is 28.8 Å². The van der Waals surface area contributed by atoms with Crippen LogP contribution >= 0.6 is 0 Å². The Morgan fingerprint density at radius 3 is 2.62 bits per heavy atom. The Bertz CT molecular complexity index is 419. The minimum atomic E-state index is 0.259. The van der Waals surface area contributed by atoms with Gasteiger partial charge >= 0.3 is 0 Å². The summed E-state index contributed by atoms with van der Waals surface area (Å²) in [4.78, 5) is 11.8. The highest BCUT2D eigenvalue weighted by Gasteiger charge is 2.20. The van der Waals surface area contributed by atoms with Crippen LogP contribution in [0.2, 0.25) is 0 Å². The predicted molar refractivity (Wildman–Crippen MR) is 64.4 cm³/mol. The lowest BCUT2D eigenvalue weighted by molar-refractivity contribution is 0.0972. The van der Waals surface area contributed by atoms with E-state index in [1.54, 1.807) is 7.11 Å². The first-order chi connectivity index (χ1) is 7.63. The number of hydrogen-bond donors (Lipinski definition) is 0. The van der Waals surface area contributed by atoms with Crippen molar-refractivity contribution in [2.45, 2.75) is 39.0 Å². The van der Waals surface area contributed by atoms with E-state index >= 15 is 0 Å². The van der Waals surface area contributed by atoms with Gasteiger partial charge in [-0.2, -0.15) is 0 Å². The van der Waals surface area contributed by atoms with Crippen LogP contribution < -0.4 is 4.74 Å². The van der Waals surface area contributed by atoms with Gasteiger partial charge in [-0.1, -0.05) is 19.9 Å². The predicted octanol–water partition coefficient (Wildman–Crippen LogP) is 3.34. The Morgan fingerprint density at radius 1 is 1.25 bits per heavy atom. The van der Waals surface area contributed by atoms with Crippen molar-refractivity contribution in [3.63, 3.8) is 0 Å². The number of carbonyl (C=O) groups excluding carboxylic acids is 1. The molecule has 2 nitrogen and oxygen atoms in total. The van der Waals surface area contributed by atoms with Crippen LogP contribution in [0.3, 0.4) is 0 Å². The Morgan fingerprint density at radius 2 is 2.00 bits per heavy atom. The van der Waals surface area contributed by atoms with Crippen LogP contribution in [0.4, 0.5) is 0 Å². The highest BCUT2D eigenvalue weighted by Crippen LogP contribution is 2.33. The van der Waals surface area contributed by atoms with Crippen molar-refractivity contribution in [1.29, 1.82) is 0 Å². The summed E-state index contributed by atoms with van der Waals surface area (Å²) < 4.78 is 5.37. The minimum absolute atomic E-state index is 0.259. The molecule has 0 saturated heterocycles. The van der Waals surface area contributed by atoms with E-state index in [1.807, 2.05) is 6.07 Å². The fourth-order valence-electron chi connectivity index (χ4n) is 2.31. The molecule has 2 rings (SSSR count). The number of fused-ring (bicyclic) bond motifs is 1. The van der Waals surface area contributed by atoms with Gasteiger partial charge in [0.05, 0.1) is 7.11 Å². The average Bonchev–Trinajstić information content (AvgIpc) is 2.28. The molecule has 0 saturated carbocycles. The monoisotopic (exact) mass is 218 g/mol. The molecule has 0 aromatic heterocycles. The molecular formula is C14H18O2. The van der Waals surface area contributed by atoms with E-state index in [4.69, 9.17) is 4.74 Å². The number of Topliss-reactive ketones (excluding diaryl/α,β-unsaturated/α-hetero) is 1. The number of ketones is 1. The van der Waals surface area contributed by atoms with E-state index in [2.05, 4.69) is 19.9 Å².